The summed E-state index contributed by atoms with van der Waals surface area (Å²) in [6.07, 6.45) is -2.67. The van der Waals surface area contributed by atoms with E-state index in [2.05, 4.69) is 20.3 Å². The maximum Gasteiger partial charge on any atom is 0.328 e. The van der Waals surface area contributed by atoms with Crippen LogP contribution in [0.4, 0.5) is 5.82 Å². The molecule has 4 aromatic rings. The molecule has 13 heteroatoms. The summed E-state index contributed by atoms with van der Waals surface area (Å²) < 4.78 is 10.2. The van der Waals surface area contributed by atoms with E-state index in [9.17, 15) is 19.8 Å². The smallest absolute Gasteiger partial charge is 0.328 e. The zero-order valence-electron chi connectivity index (χ0n) is 17.8. The number of aliphatic hydroxyl groups is 2. The van der Waals surface area contributed by atoms with Crippen LogP contribution in [0.15, 0.2) is 35.6 Å². The molecule has 5 N–H and O–H groups in total. The Balaban J connectivity index is 1.33. The molecule has 0 aliphatic carbocycles. The molecule has 0 bridgehead atoms. The van der Waals surface area contributed by atoms with Gasteiger partial charge in [-0.3, -0.25) is 18.5 Å². The Labute approximate surface area is 186 Å². The molecule has 0 unspecified atom stereocenters. The Bertz CT molecular complexity index is 1440. The summed E-state index contributed by atoms with van der Waals surface area (Å²) in [4.78, 5) is 36.9. The molecule has 1 saturated heterocycles. The lowest BCUT2D eigenvalue weighted by Gasteiger charge is -2.16. The van der Waals surface area contributed by atoms with Crippen LogP contribution in [0.3, 0.4) is 0 Å². The Morgan fingerprint density at radius 2 is 1.91 bits per heavy atom. The average Bonchev–Trinajstić information content (AvgIpc) is 3.43. The van der Waals surface area contributed by atoms with Crippen molar-refractivity contribution in [2.45, 2.75) is 31.1 Å². The van der Waals surface area contributed by atoms with Crippen LogP contribution in [0.5, 0.6) is 0 Å². The molecule has 0 spiro atoms. The number of nitrogens with two attached hydrogens (primary N) is 1. The molecule has 1 fully saturated rings. The zero-order chi connectivity index (χ0) is 23.4. The Morgan fingerprint density at radius 3 is 2.70 bits per heavy atom. The first-order valence-corrected chi connectivity index (χ1v) is 10.1. The molecule has 5 rings (SSSR count). The number of aliphatic hydroxyl groups excluding tert-OH is 2. The quantitative estimate of drug-likeness (QED) is 0.287. The van der Waals surface area contributed by atoms with Gasteiger partial charge in [-0.05, 0) is 17.7 Å². The third-order valence-corrected chi connectivity index (χ3v) is 5.96. The number of nitrogens with zero attached hydrogens (tertiary/aromatic N) is 6. The fourth-order valence-electron chi connectivity index (χ4n) is 4.11. The number of benzene rings is 1. The van der Waals surface area contributed by atoms with Crippen molar-refractivity contribution in [2.75, 3.05) is 5.73 Å². The third-order valence-electron chi connectivity index (χ3n) is 5.96. The fourth-order valence-corrected chi connectivity index (χ4v) is 4.11. The summed E-state index contributed by atoms with van der Waals surface area (Å²) in [5.41, 5.74) is 8.54. The highest BCUT2D eigenvalue weighted by Crippen LogP contribution is 2.32. The van der Waals surface area contributed by atoms with Crippen LogP contribution in [0.1, 0.15) is 11.8 Å². The molecule has 1 aromatic carbocycles. The molecule has 4 heterocycles. The van der Waals surface area contributed by atoms with Gasteiger partial charge < -0.3 is 26.0 Å². The van der Waals surface area contributed by atoms with Crippen LogP contribution in [-0.4, -0.2) is 63.1 Å². The molecule has 4 atom stereocenters. The minimum atomic E-state index is -1.47. The second kappa shape index (κ2) is 7.65. The summed E-state index contributed by atoms with van der Waals surface area (Å²) in [5.74, 6) is -0.432. The second-order valence-corrected chi connectivity index (χ2v) is 7.95. The van der Waals surface area contributed by atoms with Crippen LogP contribution >= 0.6 is 0 Å². The van der Waals surface area contributed by atoms with Crippen LogP contribution < -0.4 is 16.7 Å². The number of nitrogen functional groups attached to an aromatic ring is 1. The van der Waals surface area contributed by atoms with Gasteiger partial charge in [-0.15, -0.1) is 0 Å². The molecule has 33 heavy (non-hydrogen) atoms. The van der Waals surface area contributed by atoms with Gasteiger partial charge in [-0.25, -0.2) is 19.7 Å². The monoisotopic (exact) mass is 454 g/mol. The normalized spacial score (nSPS) is 22.9. The Kier molecular flexibility index (Phi) is 4.88. The van der Waals surface area contributed by atoms with Gasteiger partial charge >= 0.3 is 5.69 Å². The van der Waals surface area contributed by atoms with Gasteiger partial charge in [0.2, 0.25) is 0 Å². The van der Waals surface area contributed by atoms with Crippen molar-refractivity contribution >= 4 is 33.9 Å². The average molecular weight is 454 g/mol. The number of fused-ring (bicyclic) bond motifs is 2. The fraction of sp³-hybridized carbons (Fsp3) is 0.350. The maximum absolute atomic E-state index is 12.8. The molecule has 1 aliphatic heterocycles. The number of ether oxygens (including phenoxy) is 1. The van der Waals surface area contributed by atoms with Crippen LogP contribution in [0.25, 0.3) is 22.2 Å². The van der Waals surface area contributed by atoms with Crippen LogP contribution in [-0.2, 0) is 30.2 Å². The highest BCUT2D eigenvalue weighted by molar-refractivity contribution is 5.83. The van der Waals surface area contributed by atoms with Crippen molar-refractivity contribution in [2.24, 2.45) is 14.1 Å². The lowest BCUT2D eigenvalue weighted by molar-refractivity contribution is -0.137. The van der Waals surface area contributed by atoms with Crippen LogP contribution in [0.2, 0.25) is 0 Å². The SMILES string of the molecule is Cn1c(=O)n(C)c2cc(CNC(=O)[C@H]3O[C@@H](n4cnc5c(N)ncnc54)[C@H](O)[C@@H]3O)ccc21. The number of rotatable bonds is 4. The van der Waals surface area contributed by atoms with E-state index >= 15 is 0 Å². The van der Waals surface area contributed by atoms with Crippen LogP contribution in [0, 0.1) is 0 Å². The summed E-state index contributed by atoms with van der Waals surface area (Å²) >= 11 is 0. The molecule has 0 saturated carbocycles. The first-order chi connectivity index (χ1) is 15.8. The van der Waals surface area contributed by atoms with Gasteiger partial charge in [-0.2, -0.15) is 0 Å². The highest BCUT2D eigenvalue weighted by atomic mass is 16.6. The summed E-state index contributed by atoms with van der Waals surface area (Å²) in [6, 6.07) is 5.41. The van der Waals surface area contributed by atoms with E-state index in [4.69, 9.17) is 10.5 Å². The Hall–Kier alpha value is -3.81. The minimum absolute atomic E-state index is 0.142. The zero-order valence-corrected chi connectivity index (χ0v) is 17.8. The van der Waals surface area contributed by atoms with Gasteiger partial charge in [0.15, 0.2) is 23.8 Å². The second-order valence-electron chi connectivity index (χ2n) is 7.95. The minimum Gasteiger partial charge on any atom is -0.387 e. The number of hydrogen-bond donors (Lipinski definition) is 4. The molecule has 1 aliphatic rings. The van der Waals surface area contributed by atoms with E-state index in [1.165, 1.54) is 21.8 Å². The van der Waals surface area contributed by atoms with Crippen molar-refractivity contribution in [3.63, 3.8) is 0 Å². The van der Waals surface area contributed by atoms with Crippen molar-refractivity contribution < 1.29 is 19.7 Å². The van der Waals surface area contributed by atoms with Gasteiger partial charge in [0.1, 0.15) is 24.1 Å². The van der Waals surface area contributed by atoms with Crippen molar-refractivity contribution in [3.8, 4) is 0 Å². The van der Waals surface area contributed by atoms with E-state index in [0.717, 1.165) is 16.6 Å². The largest absolute Gasteiger partial charge is 0.387 e. The van der Waals surface area contributed by atoms with Crippen molar-refractivity contribution in [1.29, 1.82) is 0 Å². The molecule has 13 nitrogen and oxygen atoms in total. The van der Waals surface area contributed by atoms with Gasteiger partial charge in [0.05, 0.1) is 17.4 Å². The molecule has 172 valence electrons. The van der Waals surface area contributed by atoms with Gasteiger partial charge in [-0.1, -0.05) is 6.07 Å². The topological polar surface area (TPSA) is 175 Å². The first-order valence-electron chi connectivity index (χ1n) is 10.1. The number of nitrogens with one attached hydrogen (secondary N) is 1. The number of aromatic nitrogens is 6. The first kappa shape index (κ1) is 21.1. The summed E-state index contributed by atoms with van der Waals surface area (Å²) in [7, 11) is 3.37. The predicted molar refractivity (Wildman–Crippen MR) is 116 cm³/mol. The summed E-state index contributed by atoms with van der Waals surface area (Å²) in [6.45, 7) is 0.142. The predicted octanol–water partition coefficient (Wildman–Crippen LogP) is -1.47. The number of carbonyl (C=O) groups excluding carboxylic acids is 1. The van der Waals surface area contributed by atoms with Crippen molar-refractivity contribution in [1.82, 2.24) is 34.0 Å². The van der Waals surface area contributed by atoms with E-state index in [0.29, 0.717) is 11.2 Å². The number of aryl methyl sites for hydroxylation is 2. The lowest BCUT2D eigenvalue weighted by atomic mass is 10.1. The third kappa shape index (κ3) is 3.25. The highest BCUT2D eigenvalue weighted by Gasteiger charge is 2.47. The number of imidazole rings is 2. The molecule has 1 amide bonds. The lowest BCUT2D eigenvalue weighted by Crippen LogP contribution is -2.42. The summed E-state index contributed by atoms with van der Waals surface area (Å²) in [5, 5.41) is 23.7. The Morgan fingerprint density at radius 1 is 1.15 bits per heavy atom. The molecular weight excluding hydrogens is 432 g/mol. The van der Waals surface area contributed by atoms with E-state index < -0.39 is 30.4 Å². The number of anilines is 1. The standard InChI is InChI=1S/C20H22N8O5/c1-26-10-4-3-9(5-11(10)27(2)20(26)32)6-22-18(31)15-13(29)14(30)19(33-15)28-8-25-12-16(21)23-7-24-17(12)28/h3-5,7-8,13-15,19,29-30H,6H2,1-2H3,(H,22,31)(H2,21,23,24)/t13-,14+,15-,19+/m0/s1. The number of hydrogen-bond acceptors (Lipinski definition) is 9. The maximum atomic E-state index is 12.8. The van der Waals surface area contributed by atoms with Gasteiger partial charge in [0.25, 0.3) is 5.91 Å². The van der Waals surface area contributed by atoms with Crippen molar-refractivity contribution in [3.05, 3.63) is 46.9 Å². The number of carbonyl (C=O) groups is 1. The van der Waals surface area contributed by atoms with E-state index in [-0.39, 0.29) is 18.1 Å². The van der Waals surface area contributed by atoms with E-state index in [1.54, 1.807) is 30.8 Å². The van der Waals surface area contributed by atoms with E-state index in [1.807, 2.05) is 6.07 Å². The molecule has 0 radical (unpaired) electrons. The van der Waals surface area contributed by atoms with Gasteiger partial charge in [0, 0.05) is 20.6 Å². The molecule has 3 aromatic heterocycles. The number of amides is 1. The molecular formula is C20H22N8O5.